The van der Waals surface area contributed by atoms with Crippen molar-refractivity contribution in [3.8, 4) is 11.1 Å². The van der Waals surface area contributed by atoms with Crippen LogP contribution in [0, 0.1) is 5.92 Å². The number of carbonyl (C=O) groups excluding carboxylic acids is 1. The van der Waals surface area contributed by atoms with Gasteiger partial charge in [-0.25, -0.2) is 8.42 Å². The van der Waals surface area contributed by atoms with Gasteiger partial charge in [-0.3, -0.25) is 4.79 Å². The lowest BCUT2D eigenvalue weighted by atomic mass is 10.1. The standard InChI is InChI=1S/C22H29NO4S2/c1-17(2)16-23(21(14-15-28-4)22(24)27-3)29(25,26)20-12-10-19(11-13-20)18-8-6-5-7-9-18/h5-13,17,21H,14-16H2,1-4H3. The predicted octanol–water partition coefficient (Wildman–Crippen LogP) is 4.30. The molecule has 0 bridgehead atoms. The first-order valence-corrected chi connectivity index (χ1v) is 12.4. The number of benzene rings is 2. The van der Waals surface area contributed by atoms with Crippen LogP contribution in [0.5, 0.6) is 0 Å². The van der Waals surface area contributed by atoms with Gasteiger partial charge in [-0.05, 0) is 47.6 Å². The van der Waals surface area contributed by atoms with Crippen LogP contribution in [0.3, 0.4) is 0 Å². The van der Waals surface area contributed by atoms with Crippen molar-refractivity contribution in [2.75, 3.05) is 25.7 Å². The van der Waals surface area contributed by atoms with Crippen molar-refractivity contribution in [2.45, 2.75) is 31.2 Å². The second-order valence-electron chi connectivity index (χ2n) is 7.18. The van der Waals surface area contributed by atoms with Gasteiger partial charge in [-0.2, -0.15) is 16.1 Å². The van der Waals surface area contributed by atoms with Gasteiger partial charge in [-0.1, -0.05) is 56.3 Å². The maximum Gasteiger partial charge on any atom is 0.324 e. The van der Waals surface area contributed by atoms with Crippen LogP contribution in [-0.2, 0) is 19.6 Å². The Balaban J connectivity index is 2.41. The zero-order valence-corrected chi connectivity index (χ0v) is 19.0. The van der Waals surface area contributed by atoms with Crippen LogP contribution in [0.1, 0.15) is 20.3 Å². The number of nitrogens with zero attached hydrogens (tertiary/aromatic N) is 1. The minimum Gasteiger partial charge on any atom is -0.468 e. The molecule has 2 aromatic rings. The van der Waals surface area contributed by atoms with Gasteiger partial charge in [0.25, 0.3) is 0 Å². The summed E-state index contributed by atoms with van der Waals surface area (Å²) < 4.78 is 33.1. The van der Waals surface area contributed by atoms with E-state index in [0.717, 1.165) is 11.1 Å². The zero-order valence-electron chi connectivity index (χ0n) is 17.4. The summed E-state index contributed by atoms with van der Waals surface area (Å²) in [5.41, 5.74) is 1.95. The Kier molecular flexibility index (Phi) is 8.74. The average molecular weight is 436 g/mol. The summed E-state index contributed by atoms with van der Waals surface area (Å²) >= 11 is 1.57. The lowest BCUT2D eigenvalue weighted by Gasteiger charge is -2.30. The first kappa shape index (κ1) is 23.4. The van der Waals surface area contributed by atoms with E-state index in [9.17, 15) is 13.2 Å². The summed E-state index contributed by atoms with van der Waals surface area (Å²) in [6.07, 6.45) is 2.33. The van der Waals surface area contributed by atoms with Crippen LogP contribution >= 0.6 is 11.8 Å². The minimum atomic E-state index is -3.86. The summed E-state index contributed by atoms with van der Waals surface area (Å²) in [5, 5.41) is 0. The van der Waals surface area contributed by atoms with Crippen molar-refractivity contribution in [3.63, 3.8) is 0 Å². The fraction of sp³-hybridized carbons (Fsp3) is 0.409. The fourth-order valence-corrected chi connectivity index (χ4v) is 5.31. The Labute approximate surface area is 178 Å². The maximum absolute atomic E-state index is 13.5. The number of hydrogen-bond donors (Lipinski definition) is 0. The summed E-state index contributed by atoms with van der Waals surface area (Å²) in [5.74, 6) is 0.204. The highest BCUT2D eigenvalue weighted by molar-refractivity contribution is 7.98. The van der Waals surface area contributed by atoms with Gasteiger partial charge < -0.3 is 4.74 Å². The molecule has 0 saturated heterocycles. The molecule has 0 radical (unpaired) electrons. The molecular formula is C22H29NO4S2. The molecule has 0 heterocycles. The highest BCUT2D eigenvalue weighted by Gasteiger charge is 2.36. The second kappa shape index (κ2) is 10.8. The molecule has 0 saturated carbocycles. The maximum atomic E-state index is 13.5. The van der Waals surface area contributed by atoms with Gasteiger partial charge in [0, 0.05) is 6.54 Å². The lowest BCUT2D eigenvalue weighted by molar-refractivity contribution is -0.145. The third-order valence-corrected chi connectivity index (χ3v) is 7.06. The monoisotopic (exact) mass is 435 g/mol. The molecule has 0 aromatic heterocycles. The molecule has 158 valence electrons. The first-order valence-electron chi connectivity index (χ1n) is 9.55. The van der Waals surface area contributed by atoms with Crippen molar-refractivity contribution >= 4 is 27.8 Å². The number of methoxy groups -OCH3 is 1. The van der Waals surface area contributed by atoms with E-state index >= 15 is 0 Å². The SMILES string of the molecule is COC(=O)C(CCSC)N(CC(C)C)S(=O)(=O)c1ccc(-c2ccccc2)cc1. The van der Waals surface area contributed by atoms with Gasteiger partial charge >= 0.3 is 5.97 Å². The number of carbonyl (C=O) groups is 1. The van der Waals surface area contributed by atoms with E-state index < -0.39 is 22.0 Å². The van der Waals surface area contributed by atoms with Crippen LogP contribution in [-0.4, -0.2) is 50.4 Å². The van der Waals surface area contributed by atoms with E-state index in [0.29, 0.717) is 12.2 Å². The van der Waals surface area contributed by atoms with Crippen molar-refractivity contribution in [1.82, 2.24) is 4.31 Å². The van der Waals surface area contributed by atoms with Gasteiger partial charge in [0.2, 0.25) is 10.0 Å². The van der Waals surface area contributed by atoms with Crippen molar-refractivity contribution in [3.05, 3.63) is 54.6 Å². The lowest BCUT2D eigenvalue weighted by Crippen LogP contribution is -2.47. The van der Waals surface area contributed by atoms with Gasteiger partial charge in [0.05, 0.1) is 12.0 Å². The molecule has 0 aliphatic rings. The van der Waals surface area contributed by atoms with E-state index in [-0.39, 0.29) is 17.4 Å². The molecule has 0 fully saturated rings. The number of hydrogen-bond acceptors (Lipinski definition) is 5. The molecule has 7 heteroatoms. The topological polar surface area (TPSA) is 63.7 Å². The Morgan fingerprint density at radius 2 is 1.62 bits per heavy atom. The van der Waals surface area contributed by atoms with Gasteiger partial charge in [0.15, 0.2) is 0 Å². The van der Waals surface area contributed by atoms with Crippen molar-refractivity contribution < 1.29 is 17.9 Å². The Morgan fingerprint density at radius 3 is 2.14 bits per heavy atom. The van der Waals surface area contributed by atoms with Gasteiger partial charge in [-0.15, -0.1) is 0 Å². The number of rotatable bonds is 10. The predicted molar refractivity (Wildman–Crippen MR) is 119 cm³/mol. The summed E-state index contributed by atoms with van der Waals surface area (Å²) in [6, 6.07) is 15.7. The van der Waals surface area contributed by atoms with Crippen LogP contribution in [0.25, 0.3) is 11.1 Å². The molecule has 0 aliphatic heterocycles. The molecule has 29 heavy (non-hydrogen) atoms. The highest BCUT2D eigenvalue weighted by atomic mass is 32.2. The smallest absolute Gasteiger partial charge is 0.324 e. The molecular weight excluding hydrogens is 406 g/mol. The normalized spacial score (nSPS) is 12.9. The quantitative estimate of drug-likeness (QED) is 0.521. The van der Waals surface area contributed by atoms with Crippen LogP contribution in [0.2, 0.25) is 0 Å². The van der Waals surface area contributed by atoms with E-state index in [4.69, 9.17) is 4.74 Å². The van der Waals surface area contributed by atoms with Gasteiger partial charge in [0.1, 0.15) is 6.04 Å². The minimum absolute atomic E-state index is 0.0646. The first-order chi connectivity index (χ1) is 13.8. The van der Waals surface area contributed by atoms with Crippen LogP contribution in [0.4, 0.5) is 0 Å². The molecule has 0 N–H and O–H groups in total. The van der Waals surface area contributed by atoms with E-state index in [2.05, 4.69) is 0 Å². The summed E-state index contributed by atoms with van der Waals surface area (Å²) in [4.78, 5) is 12.6. The van der Waals surface area contributed by atoms with Crippen LogP contribution in [0.15, 0.2) is 59.5 Å². The number of esters is 1. The molecule has 1 unspecified atom stereocenters. The highest BCUT2D eigenvalue weighted by Crippen LogP contribution is 2.26. The largest absolute Gasteiger partial charge is 0.468 e. The molecule has 0 amide bonds. The Hall–Kier alpha value is -1.83. The molecule has 5 nitrogen and oxygen atoms in total. The number of thioether (sulfide) groups is 1. The Morgan fingerprint density at radius 1 is 1.03 bits per heavy atom. The second-order valence-corrected chi connectivity index (χ2v) is 10.1. The van der Waals surface area contributed by atoms with Crippen molar-refractivity contribution in [2.24, 2.45) is 5.92 Å². The average Bonchev–Trinajstić information content (AvgIpc) is 2.73. The summed E-state index contributed by atoms with van der Waals surface area (Å²) in [7, 11) is -2.56. The third kappa shape index (κ3) is 6.07. The third-order valence-electron chi connectivity index (χ3n) is 4.53. The molecule has 1 atom stereocenters. The Bertz CT molecular complexity index is 881. The summed E-state index contributed by atoms with van der Waals surface area (Å²) in [6.45, 7) is 4.12. The molecule has 0 spiro atoms. The molecule has 0 aliphatic carbocycles. The molecule has 2 rings (SSSR count). The van der Waals surface area contributed by atoms with Crippen LogP contribution < -0.4 is 0 Å². The van der Waals surface area contributed by atoms with E-state index in [1.54, 1.807) is 36.0 Å². The van der Waals surface area contributed by atoms with E-state index in [1.165, 1.54) is 11.4 Å². The fourth-order valence-electron chi connectivity index (χ4n) is 3.08. The zero-order chi connectivity index (χ0) is 21.4. The number of sulfonamides is 1. The van der Waals surface area contributed by atoms with Crippen molar-refractivity contribution in [1.29, 1.82) is 0 Å². The number of ether oxygens (including phenoxy) is 1. The molecule has 2 aromatic carbocycles. The van der Waals surface area contributed by atoms with E-state index in [1.807, 2.05) is 50.4 Å².